The van der Waals surface area contributed by atoms with Crippen LogP contribution >= 0.6 is 12.4 Å². The van der Waals surface area contributed by atoms with Crippen LogP contribution in [0.4, 0.5) is 13.2 Å². The Labute approximate surface area is 102 Å². The molecule has 2 nitrogen and oxygen atoms in total. The van der Waals surface area contributed by atoms with E-state index in [2.05, 4.69) is 0 Å². The van der Waals surface area contributed by atoms with Gasteiger partial charge >= 0.3 is 6.18 Å². The fourth-order valence-electron chi connectivity index (χ4n) is 1.25. The third kappa shape index (κ3) is 3.27. The normalized spacial score (nSPS) is 14.7. The predicted molar refractivity (Wildman–Crippen MR) is 57.1 cm³/mol. The van der Waals surface area contributed by atoms with Crippen molar-refractivity contribution in [2.75, 3.05) is 0 Å². The third-order valence-corrected chi connectivity index (χ3v) is 2.25. The monoisotopic (exact) mass is 263 g/mol. The summed E-state index contributed by atoms with van der Waals surface area (Å²) in [5, 5.41) is 8.73. The second kappa shape index (κ2) is 4.84. The number of nitrogens with zero attached hydrogens (tertiary/aromatic N) is 1. The lowest BCUT2D eigenvalue weighted by Crippen LogP contribution is -2.06. The Morgan fingerprint density at radius 2 is 1.94 bits per heavy atom. The van der Waals surface area contributed by atoms with Gasteiger partial charge in [0.05, 0.1) is 17.2 Å². The van der Waals surface area contributed by atoms with E-state index in [0.29, 0.717) is 0 Å². The Balaban J connectivity index is 0.00000144. The number of nitriles is 1. The number of benzene rings is 1. The second-order valence-corrected chi connectivity index (χ2v) is 3.64. The van der Waals surface area contributed by atoms with Crippen molar-refractivity contribution >= 4 is 12.4 Å². The van der Waals surface area contributed by atoms with Gasteiger partial charge in [-0.25, -0.2) is 0 Å². The standard InChI is InChI=1S/C11H8F3NO.ClH/c12-11(13,14)8-2-1-7(6-15)10(5-8)16-9-3-4-9;/h1-2,5,9H,3-4H2;1H. The molecular formula is C11H9ClF3NO. The molecule has 1 fully saturated rings. The molecule has 1 aromatic rings. The molecule has 1 saturated carbocycles. The maximum Gasteiger partial charge on any atom is 0.416 e. The minimum Gasteiger partial charge on any atom is -0.489 e. The minimum atomic E-state index is -4.41. The van der Waals surface area contributed by atoms with Crippen molar-refractivity contribution in [3.63, 3.8) is 0 Å². The average molecular weight is 264 g/mol. The lowest BCUT2D eigenvalue weighted by Gasteiger charge is -2.11. The van der Waals surface area contributed by atoms with E-state index in [1.165, 1.54) is 0 Å². The Bertz CT molecular complexity index is 449. The van der Waals surface area contributed by atoms with Crippen molar-refractivity contribution in [3.05, 3.63) is 29.3 Å². The average Bonchev–Trinajstić information content (AvgIpc) is 3.00. The molecule has 0 unspecified atom stereocenters. The molecule has 92 valence electrons. The molecule has 6 heteroatoms. The van der Waals surface area contributed by atoms with E-state index in [4.69, 9.17) is 10.00 Å². The van der Waals surface area contributed by atoms with Gasteiger partial charge in [-0.15, -0.1) is 12.4 Å². The summed E-state index contributed by atoms with van der Waals surface area (Å²) in [6, 6.07) is 4.73. The van der Waals surface area contributed by atoms with Crippen molar-refractivity contribution in [2.24, 2.45) is 0 Å². The molecule has 0 spiro atoms. The predicted octanol–water partition coefficient (Wildman–Crippen LogP) is 3.54. The highest BCUT2D eigenvalue weighted by atomic mass is 35.5. The van der Waals surface area contributed by atoms with Crippen LogP contribution in [0.15, 0.2) is 18.2 Å². The largest absolute Gasteiger partial charge is 0.489 e. The molecule has 0 aromatic heterocycles. The highest BCUT2D eigenvalue weighted by molar-refractivity contribution is 5.85. The SMILES string of the molecule is Cl.N#Cc1ccc(C(F)(F)F)cc1OC1CC1. The fourth-order valence-corrected chi connectivity index (χ4v) is 1.25. The van der Waals surface area contributed by atoms with Gasteiger partial charge in [-0.3, -0.25) is 0 Å². The van der Waals surface area contributed by atoms with E-state index < -0.39 is 11.7 Å². The zero-order chi connectivity index (χ0) is 11.8. The van der Waals surface area contributed by atoms with Crippen LogP contribution in [0, 0.1) is 11.3 Å². The molecule has 0 atom stereocenters. The first-order valence-corrected chi connectivity index (χ1v) is 4.78. The van der Waals surface area contributed by atoms with Crippen LogP contribution in [0.1, 0.15) is 24.0 Å². The summed E-state index contributed by atoms with van der Waals surface area (Å²) in [5.41, 5.74) is -0.651. The van der Waals surface area contributed by atoms with Crippen molar-refractivity contribution in [2.45, 2.75) is 25.1 Å². The van der Waals surface area contributed by atoms with Gasteiger partial charge < -0.3 is 4.74 Å². The van der Waals surface area contributed by atoms with Crippen LogP contribution < -0.4 is 4.74 Å². The molecule has 2 rings (SSSR count). The van der Waals surface area contributed by atoms with E-state index in [0.717, 1.165) is 31.0 Å². The molecule has 1 aromatic carbocycles. The number of halogens is 4. The topological polar surface area (TPSA) is 33.0 Å². The van der Waals surface area contributed by atoms with Crippen molar-refractivity contribution in [3.8, 4) is 11.8 Å². The first kappa shape index (κ1) is 13.7. The minimum absolute atomic E-state index is 0. The number of rotatable bonds is 2. The van der Waals surface area contributed by atoms with E-state index in [-0.39, 0.29) is 29.8 Å². The van der Waals surface area contributed by atoms with Crippen molar-refractivity contribution in [1.29, 1.82) is 5.26 Å². The van der Waals surface area contributed by atoms with E-state index >= 15 is 0 Å². The number of hydrogen-bond donors (Lipinski definition) is 0. The molecular weight excluding hydrogens is 255 g/mol. The first-order valence-electron chi connectivity index (χ1n) is 4.78. The summed E-state index contributed by atoms with van der Waals surface area (Å²) in [4.78, 5) is 0. The Morgan fingerprint density at radius 1 is 1.29 bits per heavy atom. The summed E-state index contributed by atoms with van der Waals surface area (Å²) in [6.07, 6.45) is -2.77. The van der Waals surface area contributed by atoms with Crippen LogP contribution in [0.3, 0.4) is 0 Å². The van der Waals surface area contributed by atoms with Crippen LogP contribution in [-0.4, -0.2) is 6.10 Å². The van der Waals surface area contributed by atoms with Gasteiger partial charge in [0, 0.05) is 0 Å². The van der Waals surface area contributed by atoms with Gasteiger partial charge in [-0.2, -0.15) is 18.4 Å². The Morgan fingerprint density at radius 3 is 2.41 bits per heavy atom. The molecule has 0 radical (unpaired) electrons. The molecule has 1 aliphatic rings. The lowest BCUT2D eigenvalue weighted by molar-refractivity contribution is -0.137. The Hall–Kier alpha value is -1.41. The zero-order valence-corrected chi connectivity index (χ0v) is 9.44. The van der Waals surface area contributed by atoms with Crippen LogP contribution in [0.25, 0.3) is 0 Å². The number of hydrogen-bond acceptors (Lipinski definition) is 2. The van der Waals surface area contributed by atoms with Gasteiger partial charge in [-0.1, -0.05) is 0 Å². The van der Waals surface area contributed by atoms with Gasteiger partial charge in [-0.05, 0) is 31.0 Å². The maximum absolute atomic E-state index is 12.4. The van der Waals surface area contributed by atoms with Crippen LogP contribution in [0.2, 0.25) is 0 Å². The van der Waals surface area contributed by atoms with Crippen LogP contribution in [0.5, 0.6) is 5.75 Å². The summed E-state index contributed by atoms with van der Waals surface area (Å²) in [5.74, 6) is 0.0276. The molecule has 0 N–H and O–H groups in total. The summed E-state index contributed by atoms with van der Waals surface area (Å²) < 4.78 is 42.5. The smallest absolute Gasteiger partial charge is 0.416 e. The zero-order valence-electron chi connectivity index (χ0n) is 8.62. The summed E-state index contributed by atoms with van der Waals surface area (Å²) in [6.45, 7) is 0. The fraction of sp³-hybridized carbons (Fsp3) is 0.364. The van der Waals surface area contributed by atoms with Crippen molar-refractivity contribution < 1.29 is 17.9 Å². The summed E-state index contributed by atoms with van der Waals surface area (Å²) in [7, 11) is 0. The molecule has 0 aliphatic heterocycles. The van der Waals surface area contributed by atoms with Gasteiger partial charge in [0.1, 0.15) is 11.8 Å². The molecule has 1 aliphatic carbocycles. The molecule has 0 saturated heterocycles. The number of ether oxygens (including phenoxy) is 1. The second-order valence-electron chi connectivity index (χ2n) is 3.64. The van der Waals surface area contributed by atoms with Crippen molar-refractivity contribution in [1.82, 2.24) is 0 Å². The van der Waals surface area contributed by atoms with Gasteiger partial charge in [0.25, 0.3) is 0 Å². The van der Waals surface area contributed by atoms with E-state index in [1.807, 2.05) is 6.07 Å². The third-order valence-electron chi connectivity index (χ3n) is 2.25. The molecule has 0 amide bonds. The molecule has 17 heavy (non-hydrogen) atoms. The lowest BCUT2D eigenvalue weighted by atomic mass is 10.1. The highest BCUT2D eigenvalue weighted by Crippen LogP contribution is 2.35. The quantitative estimate of drug-likeness (QED) is 0.818. The Kier molecular flexibility index (Phi) is 3.89. The molecule has 0 bridgehead atoms. The van der Waals surface area contributed by atoms with E-state index in [9.17, 15) is 13.2 Å². The molecule has 0 heterocycles. The van der Waals surface area contributed by atoms with E-state index in [1.54, 1.807) is 0 Å². The van der Waals surface area contributed by atoms with Gasteiger partial charge in [0.2, 0.25) is 0 Å². The first-order chi connectivity index (χ1) is 7.50. The maximum atomic E-state index is 12.4. The number of alkyl halides is 3. The van der Waals surface area contributed by atoms with Gasteiger partial charge in [0.15, 0.2) is 0 Å². The summed E-state index contributed by atoms with van der Waals surface area (Å²) >= 11 is 0. The van der Waals surface area contributed by atoms with Crippen LogP contribution in [-0.2, 0) is 6.18 Å². The highest BCUT2D eigenvalue weighted by Gasteiger charge is 2.32.